The van der Waals surface area contributed by atoms with Gasteiger partial charge in [0.2, 0.25) is 11.9 Å². The number of halogens is 1. The molecular weight excluding hydrogens is 366 g/mol. The van der Waals surface area contributed by atoms with E-state index in [9.17, 15) is 9.59 Å². The second-order valence-electron chi connectivity index (χ2n) is 6.68. The third kappa shape index (κ3) is 3.93. The smallest absolute Gasteiger partial charge is 0.253 e. The highest BCUT2D eigenvalue weighted by Crippen LogP contribution is 2.30. The third-order valence-corrected chi connectivity index (χ3v) is 4.74. The van der Waals surface area contributed by atoms with E-state index >= 15 is 0 Å². The van der Waals surface area contributed by atoms with Gasteiger partial charge in [0.25, 0.3) is 5.56 Å². The zero-order chi connectivity index (χ0) is 19.0. The monoisotopic (exact) mass is 383 g/mol. The molecule has 3 aromatic rings. The molecule has 1 aromatic carbocycles. The van der Waals surface area contributed by atoms with Crippen LogP contribution in [0.25, 0.3) is 10.9 Å². The predicted octanol–water partition coefficient (Wildman–Crippen LogP) is 3.49. The number of carbonyl (C=O) groups is 1. The van der Waals surface area contributed by atoms with Crippen molar-refractivity contribution in [3.63, 3.8) is 0 Å². The van der Waals surface area contributed by atoms with Gasteiger partial charge in [0.1, 0.15) is 5.82 Å². The molecule has 0 aliphatic heterocycles. The Labute approximate surface area is 160 Å². The van der Waals surface area contributed by atoms with E-state index in [-0.39, 0.29) is 23.4 Å². The largest absolute Gasteiger partial charge is 0.347 e. The molecule has 0 radical (unpaired) electrons. The van der Waals surface area contributed by atoms with E-state index in [1.165, 1.54) is 0 Å². The molecule has 2 heterocycles. The minimum absolute atomic E-state index is 0.0180. The number of aromatic amines is 1. The van der Waals surface area contributed by atoms with Crippen molar-refractivity contribution in [1.82, 2.24) is 15.0 Å². The first kappa shape index (κ1) is 17.5. The lowest BCUT2D eigenvalue weighted by atomic mass is 10.1. The van der Waals surface area contributed by atoms with Crippen LogP contribution in [0.5, 0.6) is 0 Å². The number of pyridine rings is 1. The fourth-order valence-corrected chi connectivity index (χ4v) is 3.04. The van der Waals surface area contributed by atoms with Gasteiger partial charge in [0, 0.05) is 33.6 Å². The molecule has 0 bridgehead atoms. The average molecular weight is 384 g/mol. The Balaban J connectivity index is 1.55. The number of aromatic nitrogens is 3. The normalized spacial score (nSPS) is 14.7. The van der Waals surface area contributed by atoms with Crippen molar-refractivity contribution >= 4 is 40.2 Å². The summed E-state index contributed by atoms with van der Waals surface area (Å²) in [6.45, 7) is 1.85. The molecule has 0 saturated heterocycles. The number of benzene rings is 1. The molecule has 138 valence electrons. The van der Waals surface area contributed by atoms with Crippen molar-refractivity contribution in [1.29, 1.82) is 0 Å². The van der Waals surface area contributed by atoms with E-state index in [1.807, 2.05) is 6.92 Å². The van der Waals surface area contributed by atoms with Crippen molar-refractivity contribution in [2.45, 2.75) is 25.8 Å². The van der Waals surface area contributed by atoms with Crippen LogP contribution in [0.15, 0.2) is 41.3 Å². The van der Waals surface area contributed by atoms with E-state index in [1.54, 1.807) is 36.5 Å². The van der Waals surface area contributed by atoms with Crippen LogP contribution in [0.3, 0.4) is 0 Å². The van der Waals surface area contributed by atoms with Crippen molar-refractivity contribution in [3.8, 4) is 0 Å². The molecule has 27 heavy (non-hydrogen) atoms. The second-order valence-corrected chi connectivity index (χ2v) is 7.12. The van der Waals surface area contributed by atoms with Gasteiger partial charge in [-0.25, -0.2) is 4.98 Å². The first-order chi connectivity index (χ1) is 13.0. The summed E-state index contributed by atoms with van der Waals surface area (Å²) in [6.07, 6.45) is 3.41. The number of hydrogen-bond acceptors (Lipinski definition) is 5. The Bertz CT molecular complexity index is 1080. The summed E-state index contributed by atoms with van der Waals surface area (Å²) in [6, 6.07) is 8.41. The fourth-order valence-electron chi connectivity index (χ4n) is 2.86. The number of H-pyrrole nitrogens is 1. The van der Waals surface area contributed by atoms with Crippen LogP contribution in [-0.2, 0) is 4.79 Å². The molecule has 7 nitrogen and oxygen atoms in total. The molecule has 1 aliphatic rings. The fraction of sp³-hybridized carbons (Fsp3) is 0.263. The van der Waals surface area contributed by atoms with Crippen LogP contribution in [0.4, 0.5) is 11.8 Å². The van der Waals surface area contributed by atoms with E-state index in [0.717, 1.165) is 23.7 Å². The Morgan fingerprint density at radius 2 is 2.11 bits per heavy atom. The summed E-state index contributed by atoms with van der Waals surface area (Å²) in [7, 11) is 0. The SMILES string of the molecule is CC(Nc1nccc(NC(=O)C2CC2)n1)c1cc2cc(Cl)ccc2[nH]c1=O. The molecule has 1 aliphatic carbocycles. The molecule has 1 fully saturated rings. The second kappa shape index (κ2) is 7.00. The Kier molecular flexibility index (Phi) is 4.53. The van der Waals surface area contributed by atoms with Gasteiger partial charge in [-0.05, 0) is 50.1 Å². The maximum atomic E-state index is 12.4. The maximum absolute atomic E-state index is 12.4. The lowest BCUT2D eigenvalue weighted by molar-refractivity contribution is -0.117. The first-order valence-electron chi connectivity index (χ1n) is 8.72. The highest BCUT2D eigenvalue weighted by atomic mass is 35.5. The maximum Gasteiger partial charge on any atom is 0.253 e. The molecule has 1 atom stereocenters. The van der Waals surface area contributed by atoms with Gasteiger partial charge in [0.15, 0.2) is 0 Å². The van der Waals surface area contributed by atoms with Gasteiger partial charge >= 0.3 is 0 Å². The van der Waals surface area contributed by atoms with Gasteiger partial charge < -0.3 is 15.6 Å². The standard InChI is InChI=1S/C19H18ClN5O2/c1-10(14-9-12-8-13(20)4-5-15(12)23-18(14)27)22-19-21-7-6-16(25-19)24-17(26)11-2-3-11/h4-11H,2-3H2,1H3,(H,23,27)(H2,21,22,24,25,26). The van der Waals surface area contributed by atoms with Gasteiger partial charge in [-0.2, -0.15) is 4.98 Å². The van der Waals surface area contributed by atoms with E-state index in [0.29, 0.717) is 22.4 Å². The molecule has 3 N–H and O–H groups in total. The minimum Gasteiger partial charge on any atom is -0.347 e. The summed E-state index contributed by atoms with van der Waals surface area (Å²) in [5.74, 6) is 0.853. The predicted molar refractivity (Wildman–Crippen MR) is 105 cm³/mol. The Morgan fingerprint density at radius 1 is 1.30 bits per heavy atom. The molecule has 1 unspecified atom stereocenters. The highest BCUT2D eigenvalue weighted by molar-refractivity contribution is 6.31. The molecular formula is C19H18ClN5O2. The van der Waals surface area contributed by atoms with Gasteiger partial charge in [0.05, 0.1) is 6.04 Å². The number of rotatable bonds is 5. The Morgan fingerprint density at radius 3 is 2.89 bits per heavy atom. The van der Waals surface area contributed by atoms with Crippen molar-refractivity contribution in [2.24, 2.45) is 5.92 Å². The summed E-state index contributed by atoms with van der Waals surface area (Å²) in [4.78, 5) is 35.6. The number of nitrogens with one attached hydrogen (secondary N) is 3. The van der Waals surface area contributed by atoms with Crippen molar-refractivity contribution in [2.75, 3.05) is 10.6 Å². The molecule has 1 saturated carbocycles. The zero-order valence-electron chi connectivity index (χ0n) is 14.6. The van der Waals surface area contributed by atoms with E-state index in [4.69, 9.17) is 11.6 Å². The highest BCUT2D eigenvalue weighted by Gasteiger charge is 2.29. The molecule has 2 aromatic heterocycles. The van der Waals surface area contributed by atoms with Crippen LogP contribution >= 0.6 is 11.6 Å². The number of nitrogens with zero attached hydrogens (tertiary/aromatic N) is 2. The summed E-state index contributed by atoms with van der Waals surface area (Å²) >= 11 is 6.04. The van der Waals surface area contributed by atoms with Gasteiger partial charge in [-0.15, -0.1) is 0 Å². The van der Waals surface area contributed by atoms with E-state index < -0.39 is 0 Å². The summed E-state index contributed by atoms with van der Waals surface area (Å²) < 4.78 is 0. The summed E-state index contributed by atoms with van der Waals surface area (Å²) in [5.41, 5.74) is 1.07. The topological polar surface area (TPSA) is 99.8 Å². The lowest BCUT2D eigenvalue weighted by Crippen LogP contribution is -2.20. The molecule has 8 heteroatoms. The number of carbonyl (C=O) groups excluding carboxylic acids is 1. The van der Waals surface area contributed by atoms with Crippen LogP contribution in [0, 0.1) is 5.92 Å². The molecule has 1 amide bonds. The van der Waals surface area contributed by atoms with Crippen molar-refractivity contribution < 1.29 is 4.79 Å². The van der Waals surface area contributed by atoms with Crippen LogP contribution in [-0.4, -0.2) is 20.9 Å². The Hall–Kier alpha value is -2.93. The summed E-state index contributed by atoms with van der Waals surface area (Å²) in [5, 5.41) is 7.34. The number of anilines is 2. The number of hydrogen-bond donors (Lipinski definition) is 3. The van der Waals surface area contributed by atoms with Gasteiger partial charge in [-0.1, -0.05) is 11.6 Å². The number of fused-ring (bicyclic) bond motifs is 1. The molecule has 4 rings (SSSR count). The number of amides is 1. The minimum atomic E-state index is -0.341. The van der Waals surface area contributed by atoms with Gasteiger partial charge in [-0.3, -0.25) is 9.59 Å². The lowest BCUT2D eigenvalue weighted by Gasteiger charge is -2.15. The molecule has 0 spiro atoms. The van der Waals surface area contributed by atoms with E-state index in [2.05, 4.69) is 25.6 Å². The zero-order valence-corrected chi connectivity index (χ0v) is 15.4. The van der Waals surface area contributed by atoms with Crippen LogP contribution < -0.4 is 16.2 Å². The average Bonchev–Trinajstić information content (AvgIpc) is 3.47. The van der Waals surface area contributed by atoms with Crippen molar-refractivity contribution in [3.05, 3.63) is 57.5 Å². The van der Waals surface area contributed by atoms with Crippen LogP contribution in [0.1, 0.15) is 31.4 Å². The first-order valence-corrected chi connectivity index (χ1v) is 9.10. The quantitative estimate of drug-likeness (QED) is 0.626. The third-order valence-electron chi connectivity index (χ3n) is 4.50. The van der Waals surface area contributed by atoms with Crippen LogP contribution in [0.2, 0.25) is 5.02 Å².